The molecule has 2 aliphatic rings. The van der Waals surface area contributed by atoms with E-state index >= 15 is 0 Å². The summed E-state index contributed by atoms with van der Waals surface area (Å²) in [5.74, 6) is -1.76. The molecule has 2 unspecified atom stereocenters. The molecular formula is C7H10O9S3. The van der Waals surface area contributed by atoms with Crippen LogP contribution in [0.2, 0.25) is 0 Å². The molecular weight excluding hydrogens is 324 g/mol. The fourth-order valence-electron chi connectivity index (χ4n) is 1.90. The van der Waals surface area contributed by atoms with Crippen molar-refractivity contribution in [3.8, 4) is 0 Å². The summed E-state index contributed by atoms with van der Waals surface area (Å²) in [4.78, 5) is 11.9. The third kappa shape index (κ3) is 2.81. The first-order valence-electron chi connectivity index (χ1n) is 5.15. The average molecular weight is 334 g/mol. The number of hydrogen-bond acceptors (Lipinski definition) is 9. The SMILES string of the molecule is O=C(C1CCOS1(=O)=O)C1CCS(=O)(=O)OS1(=O)=O. The standard InChI is InChI=1S/C7H10O9S3/c8-7(5-1-3-15-18(5,11)12)6-2-4-17(9,10)16-19(6,13)14/h5-6H,1-4H2. The quantitative estimate of drug-likeness (QED) is 0.531. The highest BCUT2D eigenvalue weighted by molar-refractivity contribution is 8.01. The van der Waals surface area contributed by atoms with Gasteiger partial charge in [-0.05, 0) is 12.8 Å². The van der Waals surface area contributed by atoms with Gasteiger partial charge in [0.1, 0.15) is 10.5 Å². The van der Waals surface area contributed by atoms with Gasteiger partial charge in [-0.1, -0.05) is 0 Å². The minimum absolute atomic E-state index is 0.153. The Morgan fingerprint density at radius 1 is 0.895 bits per heavy atom. The van der Waals surface area contributed by atoms with Gasteiger partial charge in [0.05, 0.1) is 12.4 Å². The molecule has 0 aromatic heterocycles. The predicted octanol–water partition coefficient (Wildman–Crippen LogP) is -1.88. The fourth-order valence-corrected chi connectivity index (χ4v) is 6.64. The Hall–Kier alpha value is -0.560. The van der Waals surface area contributed by atoms with E-state index in [4.69, 9.17) is 0 Å². The molecule has 2 atom stereocenters. The first kappa shape index (κ1) is 14.8. The summed E-state index contributed by atoms with van der Waals surface area (Å²) < 4.78 is 76.2. The van der Waals surface area contributed by atoms with Crippen LogP contribution in [0.4, 0.5) is 0 Å². The van der Waals surface area contributed by atoms with Gasteiger partial charge >= 0.3 is 0 Å². The number of Topliss-reactive ketones (excluding diaryl/α,β-unsaturated/α-hetero) is 1. The molecule has 2 aliphatic heterocycles. The number of carbonyl (C=O) groups is 1. The van der Waals surface area contributed by atoms with Crippen LogP contribution in [0.3, 0.4) is 0 Å². The Morgan fingerprint density at radius 3 is 1.95 bits per heavy atom. The molecule has 0 aliphatic carbocycles. The summed E-state index contributed by atoms with van der Waals surface area (Å²) in [5, 5.41) is -3.38. The van der Waals surface area contributed by atoms with Crippen LogP contribution in [-0.2, 0) is 43.0 Å². The summed E-state index contributed by atoms with van der Waals surface area (Å²) in [6, 6.07) is 0. The molecule has 0 spiro atoms. The lowest BCUT2D eigenvalue weighted by molar-refractivity contribution is -0.118. The van der Waals surface area contributed by atoms with Crippen molar-refractivity contribution in [2.75, 3.05) is 12.4 Å². The zero-order valence-electron chi connectivity index (χ0n) is 9.38. The van der Waals surface area contributed by atoms with E-state index in [9.17, 15) is 30.0 Å². The number of hydrogen-bond donors (Lipinski definition) is 0. The molecule has 0 saturated carbocycles. The lowest BCUT2D eigenvalue weighted by Crippen LogP contribution is -2.45. The van der Waals surface area contributed by atoms with Crippen molar-refractivity contribution >= 4 is 36.1 Å². The van der Waals surface area contributed by atoms with Crippen molar-refractivity contribution in [3.63, 3.8) is 0 Å². The molecule has 110 valence electrons. The molecule has 0 N–H and O–H groups in total. The van der Waals surface area contributed by atoms with Crippen LogP contribution in [0, 0.1) is 0 Å². The van der Waals surface area contributed by atoms with E-state index in [1.54, 1.807) is 0 Å². The van der Waals surface area contributed by atoms with Crippen LogP contribution in [0.15, 0.2) is 0 Å². The monoisotopic (exact) mass is 334 g/mol. The van der Waals surface area contributed by atoms with Crippen LogP contribution in [0.1, 0.15) is 12.8 Å². The smallest absolute Gasteiger partial charge is 0.292 e. The van der Waals surface area contributed by atoms with Gasteiger partial charge in [0.25, 0.3) is 30.4 Å². The third-order valence-corrected chi connectivity index (χ3v) is 7.94. The molecule has 9 nitrogen and oxygen atoms in total. The minimum atomic E-state index is -4.68. The predicted molar refractivity (Wildman–Crippen MR) is 60.5 cm³/mol. The van der Waals surface area contributed by atoms with E-state index in [0.717, 1.165) is 0 Å². The van der Waals surface area contributed by atoms with Crippen molar-refractivity contribution in [1.82, 2.24) is 0 Å². The molecule has 0 radical (unpaired) electrons. The Bertz CT molecular complexity index is 699. The molecule has 2 heterocycles. The second-order valence-electron chi connectivity index (χ2n) is 4.09. The number of rotatable bonds is 2. The molecule has 0 bridgehead atoms. The summed E-state index contributed by atoms with van der Waals surface area (Å²) in [5.41, 5.74) is 0. The Labute approximate surface area is 110 Å². The molecule has 0 amide bonds. The minimum Gasteiger partial charge on any atom is -0.297 e. The average Bonchev–Trinajstić information content (AvgIpc) is 2.54. The molecule has 0 aromatic carbocycles. The third-order valence-electron chi connectivity index (χ3n) is 2.79. The second-order valence-corrected chi connectivity index (χ2v) is 9.51. The van der Waals surface area contributed by atoms with Crippen molar-refractivity contribution in [3.05, 3.63) is 0 Å². The van der Waals surface area contributed by atoms with Gasteiger partial charge < -0.3 is 0 Å². The first-order chi connectivity index (χ1) is 8.55. The van der Waals surface area contributed by atoms with E-state index in [1.807, 2.05) is 0 Å². The van der Waals surface area contributed by atoms with Gasteiger partial charge in [0, 0.05) is 0 Å². The van der Waals surface area contributed by atoms with Crippen LogP contribution < -0.4 is 0 Å². The highest BCUT2D eigenvalue weighted by atomic mass is 32.3. The lowest BCUT2D eigenvalue weighted by Gasteiger charge is -2.21. The van der Waals surface area contributed by atoms with E-state index in [2.05, 4.69) is 7.81 Å². The second kappa shape index (κ2) is 4.48. The maximum absolute atomic E-state index is 11.9. The van der Waals surface area contributed by atoms with Gasteiger partial charge in [0.15, 0.2) is 5.78 Å². The van der Waals surface area contributed by atoms with Gasteiger partial charge in [-0.25, -0.2) is 0 Å². The molecule has 0 aromatic rings. The molecule has 12 heteroatoms. The van der Waals surface area contributed by atoms with Crippen molar-refractivity contribution in [2.24, 2.45) is 0 Å². The Morgan fingerprint density at radius 2 is 1.47 bits per heavy atom. The van der Waals surface area contributed by atoms with Gasteiger partial charge in [-0.2, -0.15) is 25.3 Å². The molecule has 2 saturated heterocycles. The maximum Gasteiger partial charge on any atom is 0.292 e. The van der Waals surface area contributed by atoms with Crippen molar-refractivity contribution in [1.29, 1.82) is 0 Å². The molecule has 2 fully saturated rings. The first-order valence-corrected chi connectivity index (χ1v) is 9.67. The summed E-state index contributed by atoms with van der Waals surface area (Å²) in [6.45, 7) is -0.204. The largest absolute Gasteiger partial charge is 0.297 e. The van der Waals surface area contributed by atoms with E-state index in [1.165, 1.54) is 0 Å². The van der Waals surface area contributed by atoms with E-state index in [-0.39, 0.29) is 13.0 Å². The zero-order chi connectivity index (χ0) is 14.5. The number of ketones is 1. The van der Waals surface area contributed by atoms with Crippen LogP contribution in [0.25, 0.3) is 0 Å². The summed E-state index contributed by atoms with van der Waals surface area (Å²) >= 11 is 0. The molecule has 2 rings (SSSR count). The van der Waals surface area contributed by atoms with E-state index in [0.29, 0.717) is 0 Å². The highest BCUT2D eigenvalue weighted by Gasteiger charge is 2.49. The summed E-state index contributed by atoms with van der Waals surface area (Å²) in [7, 11) is -13.0. The lowest BCUT2D eigenvalue weighted by atomic mass is 10.1. The van der Waals surface area contributed by atoms with Gasteiger partial charge in [-0.3, -0.25) is 8.98 Å². The Balaban J connectivity index is 2.31. The topological polar surface area (TPSA) is 138 Å². The Kier molecular flexibility index (Phi) is 3.50. The van der Waals surface area contributed by atoms with Crippen molar-refractivity contribution < 1.29 is 37.9 Å². The van der Waals surface area contributed by atoms with Crippen LogP contribution >= 0.6 is 0 Å². The van der Waals surface area contributed by atoms with Crippen LogP contribution in [0.5, 0.6) is 0 Å². The summed E-state index contributed by atoms with van der Waals surface area (Å²) in [6.07, 6.45) is -0.671. The maximum atomic E-state index is 11.9. The van der Waals surface area contributed by atoms with Gasteiger partial charge in [0.2, 0.25) is 0 Å². The number of carbonyl (C=O) groups excluding carboxylic acids is 1. The highest BCUT2D eigenvalue weighted by Crippen LogP contribution is 2.27. The fraction of sp³-hybridized carbons (Fsp3) is 0.857. The normalized spacial score (nSPS) is 35.8. The zero-order valence-corrected chi connectivity index (χ0v) is 11.8. The van der Waals surface area contributed by atoms with Gasteiger partial charge in [-0.15, -0.1) is 3.63 Å². The van der Waals surface area contributed by atoms with E-state index < -0.39 is 58.8 Å². The van der Waals surface area contributed by atoms with Crippen molar-refractivity contribution in [2.45, 2.75) is 23.3 Å². The molecule has 19 heavy (non-hydrogen) atoms. The van der Waals surface area contributed by atoms with Crippen LogP contribution in [-0.4, -0.2) is 53.9 Å².